The fraction of sp³-hybridized carbons (Fsp3) is 0.500. The number of aromatic nitrogens is 1. The van der Waals surface area contributed by atoms with Gasteiger partial charge in [-0.15, -0.1) is 0 Å². The van der Waals surface area contributed by atoms with Crippen molar-refractivity contribution in [3.63, 3.8) is 0 Å². The van der Waals surface area contributed by atoms with Crippen LogP contribution in [-0.4, -0.2) is 30.8 Å². The van der Waals surface area contributed by atoms with Gasteiger partial charge in [0.25, 0.3) is 0 Å². The highest BCUT2D eigenvalue weighted by molar-refractivity contribution is 5.39. The molecule has 0 bridgehead atoms. The SMILES string of the molecule is C[C@@H]1COCCN1c1ccccn1. The molecule has 1 aliphatic rings. The third-order valence-electron chi connectivity index (χ3n) is 2.31. The Morgan fingerprint density at radius 2 is 2.46 bits per heavy atom. The smallest absolute Gasteiger partial charge is 0.128 e. The monoisotopic (exact) mass is 178 g/mol. The summed E-state index contributed by atoms with van der Waals surface area (Å²) in [6.45, 7) is 4.71. The maximum absolute atomic E-state index is 5.36. The number of hydrogen-bond acceptors (Lipinski definition) is 3. The number of anilines is 1. The summed E-state index contributed by atoms with van der Waals surface area (Å²) in [5, 5.41) is 0. The Labute approximate surface area is 78.3 Å². The van der Waals surface area contributed by atoms with Gasteiger partial charge >= 0.3 is 0 Å². The molecule has 70 valence electrons. The quantitative estimate of drug-likeness (QED) is 0.648. The first kappa shape index (κ1) is 8.51. The Morgan fingerprint density at radius 1 is 1.54 bits per heavy atom. The van der Waals surface area contributed by atoms with E-state index in [1.807, 2.05) is 24.4 Å². The fourth-order valence-corrected chi connectivity index (χ4v) is 1.59. The van der Waals surface area contributed by atoms with Crippen molar-refractivity contribution in [1.82, 2.24) is 4.98 Å². The van der Waals surface area contributed by atoms with Crippen LogP contribution >= 0.6 is 0 Å². The van der Waals surface area contributed by atoms with Crippen molar-refractivity contribution in [2.24, 2.45) is 0 Å². The van der Waals surface area contributed by atoms with E-state index in [1.54, 1.807) is 0 Å². The van der Waals surface area contributed by atoms with Gasteiger partial charge in [-0.2, -0.15) is 0 Å². The van der Waals surface area contributed by atoms with E-state index in [-0.39, 0.29) is 0 Å². The highest BCUT2D eigenvalue weighted by atomic mass is 16.5. The summed E-state index contributed by atoms with van der Waals surface area (Å²) in [5.74, 6) is 1.05. The predicted octanol–water partition coefficient (Wildman–Crippen LogP) is 1.31. The lowest BCUT2D eigenvalue weighted by Gasteiger charge is -2.34. The van der Waals surface area contributed by atoms with Gasteiger partial charge in [-0.1, -0.05) is 6.07 Å². The Balaban J connectivity index is 2.15. The second kappa shape index (κ2) is 3.75. The number of morpholine rings is 1. The summed E-state index contributed by atoms with van der Waals surface area (Å²) in [4.78, 5) is 6.60. The Kier molecular flexibility index (Phi) is 2.45. The molecule has 1 aliphatic heterocycles. The van der Waals surface area contributed by atoms with Crippen molar-refractivity contribution < 1.29 is 4.74 Å². The molecule has 3 nitrogen and oxygen atoms in total. The first-order valence-corrected chi connectivity index (χ1v) is 4.63. The molecule has 3 heteroatoms. The van der Waals surface area contributed by atoms with Crippen LogP contribution in [0.2, 0.25) is 0 Å². The third-order valence-corrected chi connectivity index (χ3v) is 2.31. The van der Waals surface area contributed by atoms with Crippen molar-refractivity contribution in [2.45, 2.75) is 13.0 Å². The van der Waals surface area contributed by atoms with Gasteiger partial charge in [-0.25, -0.2) is 4.98 Å². The van der Waals surface area contributed by atoms with Crippen molar-refractivity contribution in [3.05, 3.63) is 24.4 Å². The zero-order chi connectivity index (χ0) is 9.10. The van der Waals surface area contributed by atoms with Crippen LogP contribution in [0.15, 0.2) is 24.4 Å². The second-order valence-electron chi connectivity index (χ2n) is 3.31. The number of ether oxygens (including phenoxy) is 1. The van der Waals surface area contributed by atoms with E-state index in [0.29, 0.717) is 6.04 Å². The number of pyridine rings is 1. The molecule has 1 atom stereocenters. The minimum Gasteiger partial charge on any atom is -0.377 e. The van der Waals surface area contributed by atoms with Gasteiger partial charge in [0, 0.05) is 12.7 Å². The summed E-state index contributed by atoms with van der Waals surface area (Å²) in [6, 6.07) is 6.43. The van der Waals surface area contributed by atoms with Gasteiger partial charge in [0.15, 0.2) is 0 Å². The molecule has 1 aromatic heterocycles. The molecule has 0 aliphatic carbocycles. The summed E-state index contributed by atoms with van der Waals surface area (Å²) >= 11 is 0. The van der Waals surface area contributed by atoms with E-state index >= 15 is 0 Å². The molecule has 1 aromatic rings. The van der Waals surface area contributed by atoms with Crippen molar-refractivity contribution >= 4 is 5.82 Å². The molecular weight excluding hydrogens is 164 g/mol. The van der Waals surface area contributed by atoms with Gasteiger partial charge in [-0.05, 0) is 19.1 Å². The molecule has 2 rings (SSSR count). The van der Waals surface area contributed by atoms with E-state index in [2.05, 4.69) is 16.8 Å². The van der Waals surface area contributed by atoms with Crippen LogP contribution in [0, 0.1) is 0 Å². The lowest BCUT2D eigenvalue weighted by Crippen LogP contribution is -2.44. The molecule has 2 heterocycles. The number of nitrogens with zero attached hydrogens (tertiary/aromatic N) is 2. The van der Waals surface area contributed by atoms with Gasteiger partial charge in [0.05, 0.1) is 19.3 Å². The Hall–Kier alpha value is -1.09. The van der Waals surface area contributed by atoms with E-state index in [0.717, 1.165) is 25.6 Å². The van der Waals surface area contributed by atoms with Crippen LogP contribution in [-0.2, 0) is 4.74 Å². The molecule has 0 saturated carbocycles. The van der Waals surface area contributed by atoms with E-state index in [4.69, 9.17) is 4.74 Å². The largest absolute Gasteiger partial charge is 0.377 e. The highest BCUT2D eigenvalue weighted by Crippen LogP contribution is 2.15. The minimum atomic E-state index is 0.434. The first-order chi connectivity index (χ1) is 6.38. The average molecular weight is 178 g/mol. The van der Waals surface area contributed by atoms with Crippen LogP contribution in [0.3, 0.4) is 0 Å². The zero-order valence-corrected chi connectivity index (χ0v) is 7.81. The molecule has 0 radical (unpaired) electrons. The minimum absolute atomic E-state index is 0.434. The van der Waals surface area contributed by atoms with Crippen LogP contribution in [0.5, 0.6) is 0 Å². The Morgan fingerprint density at radius 3 is 3.15 bits per heavy atom. The van der Waals surface area contributed by atoms with E-state index in [1.165, 1.54) is 0 Å². The average Bonchev–Trinajstić information content (AvgIpc) is 2.20. The van der Waals surface area contributed by atoms with Gasteiger partial charge in [-0.3, -0.25) is 0 Å². The molecule has 0 unspecified atom stereocenters. The second-order valence-corrected chi connectivity index (χ2v) is 3.31. The summed E-state index contributed by atoms with van der Waals surface area (Å²) in [6.07, 6.45) is 1.83. The van der Waals surface area contributed by atoms with Gasteiger partial charge < -0.3 is 9.64 Å². The molecule has 1 fully saturated rings. The maximum Gasteiger partial charge on any atom is 0.128 e. The molecule has 0 spiro atoms. The van der Waals surface area contributed by atoms with Crippen LogP contribution in [0.1, 0.15) is 6.92 Å². The molecule has 0 N–H and O–H groups in total. The summed E-state index contributed by atoms with van der Waals surface area (Å²) in [7, 11) is 0. The molecule has 13 heavy (non-hydrogen) atoms. The van der Waals surface area contributed by atoms with Gasteiger partial charge in [0.2, 0.25) is 0 Å². The van der Waals surface area contributed by atoms with Crippen LogP contribution in [0.25, 0.3) is 0 Å². The Bertz CT molecular complexity index is 263. The van der Waals surface area contributed by atoms with Crippen molar-refractivity contribution in [1.29, 1.82) is 0 Å². The van der Waals surface area contributed by atoms with Crippen LogP contribution < -0.4 is 4.90 Å². The number of hydrogen-bond donors (Lipinski definition) is 0. The molecule has 1 saturated heterocycles. The number of rotatable bonds is 1. The van der Waals surface area contributed by atoms with Crippen LogP contribution in [0.4, 0.5) is 5.82 Å². The predicted molar refractivity (Wildman–Crippen MR) is 51.9 cm³/mol. The maximum atomic E-state index is 5.36. The standard InChI is InChI=1S/C10H14N2O/c1-9-8-13-7-6-12(9)10-4-2-3-5-11-10/h2-5,9H,6-8H2,1H3/t9-/m1/s1. The normalized spacial score (nSPS) is 23.2. The lowest BCUT2D eigenvalue weighted by atomic mass is 10.2. The first-order valence-electron chi connectivity index (χ1n) is 4.63. The lowest BCUT2D eigenvalue weighted by molar-refractivity contribution is 0.0985. The molecular formula is C10H14N2O. The third kappa shape index (κ3) is 1.80. The van der Waals surface area contributed by atoms with E-state index in [9.17, 15) is 0 Å². The summed E-state index contributed by atoms with van der Waals surface area (Å²) < 4.78 is 5.36. The fourth-order valence-electron chi connectivity index (χ4n) is 1.59. The van der Waals surface area contributed by atoms with Crippen molar-refractivity contribution in [3.8, 4) is 0 Å². The van der Waals surface area contributed by atoms with Gasteiger partial charge in [0.1, 0.15) is 5.82 Å². The zero-order valence-electron chi connectivity index (χ0n) is 7.81. The highest BCUT2D eigenvalue weighted by Gasteiger charge is 2.19. The van der Waals surface area contributed by atoms with Crippen molar-refractivity contribution in [2.75, 3.05) is 24.7 Å². The topological polar surface area (TPSA) is 25.4 Å². The molecule has 0 amide bonds. The summed E-state index contributed by atoms with van der Waals surface area (Å²) in [5.41, 5.74) is 0. The van der Waals surface area contributed by atoms with E-state index < -0.39 is 0 Å². The molecule has 0 aromatic carbocycles.